The van der Waals surface area contributed by atoms with Gasteiger partial charge in [0, 0.05) is 22.4 Å². The molecule has 1 aliphatic carbocycles. The number of halogens is 3. The molecular formula is C20H22F3N3S. The highest BCUT2D eigenvalue weighted by Crippen LogP contribution is 2.49. The number of para-hydroxylation sites is 1. The summed E-state index contributed by atoms with van der Waals surface area (Å²) in [6.45, 7) is 0.661. The van der Waals surface area contributed by atoms with Crippen LogP contribution in [-0.2, 0) is 6.18 Å². The zero-order chi connectivity index (χ0) is 19.0. The Hall–Kier alpha value is -1.86. The highest BCUT2D eigenvalue weighted by atomic mass is 32.2. The average Bonchev–Trinajstić information content (AvgIpc) is 2.65. The van der Waals surface area contributed by atoms with E-state index in [0.717, 1.165) is 42.0 Å². The van der Waals surface area contributed by atoms with Gasteiger partial charge in [-0.25, -0.2) is 0 Å². The van der Waals surface area contributed by atoms with Gasteiger partial charge in [-0.2, -0.15) is 13.2 Å². The number of hydrogen-bond acceptors (Lipinski definition) is 4. The smallest absolute Gasteiger partial charge is 0.383 e. The predicted molar refractivity (Wildman–Crippen MR) is 104 cm³/mol. The number of benzene rings is 2. The summed E-state index contributed by atoms with van der Waals surface area (Å²) in [5, 5.41) is 6.60. The van der Waals surface area contributed by atoms with Gasteiger partial charge in [0.1, 0.15) is 0 Å². The molecule has 0 aromatic heterocycles. The van der Waals surface area contributed by atoms with Crippen molar-refractivity contribution in [2.45, 2.75) is 47.7 Å². The van der Waals surface area contributed by atoms with E-state index in [1.807, 2.05) is 24.3 Å². The van der Waals surface area contributed by atoms with Crippen LogP contribution < -0.4 is 16.4 Å². The molecule has 27 heavy (non-hydrogen) atoms. The van der Waals surface area contributed by atoms with Gasteiger partial charge in [0.05, 0.1) is 22.6 Å². The Bertz CT molecular complexity index is 830. The summed E-state index contributed by atoms with van der Waals surface area (Å²) in [4.78, 5) is 1.52. The summed E-state index contributed by atoms with van der Waals surface area (Å²) >= 11 is 1.37. The summed E-state index contributed by atoms with van der Waals surface area (Å²) in [7, 11) is 0. The zero-order valence-corrected chi connectivity index (χ0v) is 15.6. The van der Waals surface area contributed by atoms with Gasteiger partial charge in [0.25, 0.3) is 0 Å². The zero-order valence-electron chi connectivity index (χ0n) is 14.8. The van der Waals surface area contributed by atoms with E-state index in [1.54, 1.807) is 0 Å². The van der Waals surface area contributed by atoms with E-state index >= 15 is 0 Å². The standard InChI is InChI=1S/C20H22F3N3S/c21-20(22,23)13-9-16(25-11-12-5-7-14(24)8-6-12)19-18(10-13)27-17-4-2-1-3-15(17)26-19/h1-4,9-10,12,14,25-26H,5-8,11,24H2. The van der Waals surface area contributed by atoms with E-state index in [-0.39, 0.29) is 6.04 Å². The normalized spacial score (nSPS) is 21.8. The summed E-state index contributed by atoms with van der Waals surface area (Å²) < 4.78 is 40.2. The highest BCUT2D eigenvalue weighted by molar-refractivity contribution is 7.99. The van der Waals surface area contributed by atoms with Crippen LogP contribution in [0.5, 0.6) is 0 Å². The SMILES string of the molecule is NC1CCC(CNc2cc(C(F)(F)F)cc3c2Nc2ccccc2S3)CC1. The van der Waals surface area contributed by atoms with Gasteiger partial charge >= 0.3 is 6.18 Å². The summed E-state index contributed by atoms with van der Waals surface area (Å²) in [6, 6.07) is 10.4. The Morgan fingerprint density at radius 2 is 1.81 bits per heavy atom. The Labute approximate surface area is 160 Å². The fourth-order valence-corrected chi connectivity index (χ4v) is 4.75. The number of nitrogens with two attached hydrogens (primary N) is 1. The van der Waals surface area contributed by atoms with Crippen molar-refractivity contribution in [3.05, 3.63) is 42.0 Å². The van der Waals surface area contributed by atoms with Crippen LogP contribution in [0.1, 0.15) is 31.2 Å². The summed E-state index contributed by atoms with van der Waals surface area (Å²) in [6.07, 6.45) is -0.385. The van der Waals surface area contributed by atoms with E-state index in [0.29, 0.717) is 23.0 Å². The van der Waals surface area contributed by atoms with Gasteiger partial charge in [-0.3, -0.25) is 0 Å². The van der Waals surface area contributed by atoms with Gasteiger partial charge in [0.15, 0.2) is 0 Å². The molecule has 2 aromatic carbocycles. The maximum atomic E-state index is 13.4. The molecule has 0 bridgehead atoms. The van der Waals surface area contributed by atoms with Crippen molar-refractivity contribution >= 4 is 28.8 Å². The topological polar surface area (TPSA) is 50.1 Å². The minimum absolute atomic E-state index is 0.261. The van der Waals surface area contributed by atoms with Crippen molar-refractivity contribution in [3.8, 4) is 0 Å². The number of rotatable bonds is 3. The fourth-order valence-electron chi connectivity index (χ4n) is 3.69. The second-order valence-corrected chi connectivity index (χ2v) is 8.36. The van der Waals surface area contributed by atoms with Crippen LogP contribution in [0.15, 0.2) is 46.2 Å². The van der Waals surface area contributed by atoms with Crippen LogP contribution in [0.3, 0.4) is 0 Å². The number of nitrogens with one attached hydrogen (secondary N) is 2. The van der Waals surface area contributed by atoms with Gasteiger partial charge in [0.2, 0.25) is 0 Å². The fraction of sp³-hybridized carbons (Fsp3) is 0.400. The third-order valence-corrected chi connectivity index (χ3v) is 6.39. The Balaban J connectivity index is 1.62. The minimum atomic E-state index is -4.37. The lowest BCUT2D eigenvalue weighted by molar-refractivity contribution is -0.137. The van der Waals surface area contributed by atoms with Gasteiger partial charge < -0.3 is 16.4 Å². The molecule has 0 spiro atoms. The molecular weight excluding hydrogens is 371 g/mol. The lowest BCUT2D eigenvalue weighted by Gasteiger charge is -2.29. The van der Waals surface area contributed by atoms with Crippen molar-refractivity contribution in [1.29, 1.82) is 0 Å². The van der Waals surface area contributed by atoms with Crippen LogP contribution in [0, 0.1) is 5.92 Å². The quantitative estimate of drug-likeness (QED) is 0.523. The maximum absolute atomic E-state index is 13.4. The Kier molecular flexibility index (Phi) is 4.99. The summed E-state index contributed by atoms with van der Waals surface area (Å²) in [5.41, 5.74) is 7.48. The lowest BCUT2D eigenvalue weighted by atomic mass is 9.86. The molecule has 1 saturated carbocycles. The molecule has 0 saturated heterocycles. The molecule has 0 atom stereocenters. The number of fused-ring (bicyclic) bond motifs is 2. The second kappa shape index (κ2) is 7.28. The average molecular weight is 393 g/mol. The van der Waals surface area contributed by atoms with E-state index in [9.17, 15) is 13.2 Å². The molecule has 4 rings (SSSR count). The Morgan fingerprint density at radius 1 is 1.07 bits per heavy atom. The molecule has 0 amide bonds. The molecule has 0 unspecified atom stereocenters. The minimum Gasteiger partial charge on any atom is -0.383 e. The molecule has 1 heterocycles. The first-order valence-electron chi connectivity index (χ1n) is 9.19. The molecule has 144 valence electrons. The first-order chi connectivity index (χ1) is 12.9. The molecule has 4 N–H and O–H groups in total. The van der Waals surface area contributed by atoms with Crippen LogP contribution in [0.4, 0.5) is 30.2 Å². The monoisotopic (exact) mass is 393 g/mol. The van der Waals surface area contributed by atoms with Crippen LogP contribution in [-0.4, -0.2) is 12.6 Å². The van der Waals surface area contributed by atoms with Crippen molar-refractivity contribution in [1.82, 2.24) is 0 Å². The van der Waals surface area contributed by atoms with E-state index < -0.39 is 11.7 Å². The lowest BCUT2D eigenvalue weighted by Crippen LogP contribution is -2.29. The third kappa shape index (κ3) is 4.04. The third-order valence-electron chi connectivity index (χ3n) is 5.27. The van der Waals surface area contributed by atoms with Crippen LogP contribution >= 0.6 is 11.8 Å². The van der Waals surface area contributed by atoms with Crippen LogP contribution in [0.2, 0.25) is 0 Å². The molecule has 7 heteroatoms. The molecule has 2 aromatic rings. The first kappa shape index (κ1) is 18.5. The molecule has 1 fully saturated rings. The number of anilines is 3. The van der Waals surface area contributed by atoms with Crippen molar-refractivity contribution in [3.63, 3.8) is 0 Å². The van der Waals surface area contributed by atoms with E-state index in [2.05, 4.69) is 10.6 Å². The summed E-state index contributed by atoms with van der Waals surface area (Å²) in [5.74, 6) is 0.443. The largest absolute Gasteiger partial charge is 0.416 e. The van der Waals surface area contributed by atoms with Crippen molar-refractivity contribution in [2.24, 2.45) is 11.7 Å². The van der Waals surface area contributed by atoms with Crippen LogP contribution in [0.25, 0.3) is 0 Å². The predicted octanol–water partition coefficient (Wildman–Crippen LogP) is 5.84. The maximum Gasteiger partial charge on any atom is 0.416 e. The van der Waals surface area contributed by atoms with Gasteiger partial charge in [-0.15, -0.1) is 0 Å². The molecule has 0 radical (unpaired) electrons. The van der Waals surface area contributed by atoms with Crippen molar-refractivity contribution in [2.75, 3.05) is 17.2 Å². The van der Waals surface area contributed by atoms with Gasteiger partial charge in [-0.1, -0.05) is 23.9 Å². The molecule has 1 aliphatic heterocycles. The van der Waals surface area contributed by atoms with E-state index in [4.69, 9.17) is 5.73 Å². The van der Waals surface area contributed by atoms with Crippen molar-refractivity contribution < 1.29 is 13.2 Å². The number of alkyl halides is 3. The first-order valence-corrected chi connectivity index (χ1v) is 10.0. The Morgan fingerprint density at radius 3 is 2.56 bits per heavy atom. The van der Waals surface area contributed by atoms with Gasteiger partial charge in [-0.05, 0) is 55.9 Å². The molecule has 2 aliphatic rings. The second-order valence-electron chi connectivity index (χ2n) is 7.28. The number of hydrogen-bond donors (Lipinski definition) is 3. The highest BCUT2D eigenvalue weighted by Gasteiger charge is 2.33. The molecule has 3 nitrogen and oxygen atoms in total. The van der Waals surface area contributed by atoms with E-state index in [1.165, 1.54) is 23.9 Å².